The predicted octanol–water partition coefficient (Wildman–Crippen LogP) is 0.0676. The van der Waals surface area contributed by atoms with E-state index >= 15 is 0 Å². The van der Waals surface area contributed by atoms with Gasteiger partial charge < -0.3 is 15.5 Å². The van der Waals surface area contributed by atoms with E-state index in [1.807, 2.05) is 13.8 Å². The van der Waals surface area contributed by atoms with Gasteiger partial charge in [0.2, 0.25) is 0 Å². The Morgan fingerprint density at radius 1 is 1.50 bits per heavy atom. The van der Waals surface area contributed by atoms with Crippen LogP contribution >= 0.6 is 0 Å². The molecule has 0 saturated heterocycles. The Morgan fingerprint density at radius 2 is 2.08 bits per heavy atom. The van der Waals surface area contributed by atoms with Crippen LogP contribution in [0.25, 0.3) is 0 Å². The van der Waals surface area contributed by atoms with Crippen molar-refractivity contribution in [2.45, 2.75) is 26.3 Å². The molecule has 4 nitrogen and oxygen atoms in total. The highest BCUT2D eigenvalue weighted by Gasteiger charge is 2.16. The van der Waals surface area contributed by atoms with E-state index in [4.69, 9.17) is 10.2 Å². The second-order valence-corrected chi connectivity index (χ2v) is 3.20. The molecule has 72 valence electrons. The first-order valence-corrected chi connectivity index (χ1v) is 4.15. The molecule has 0 fully saturated rings. The van der Waals surface area contributed by atoms with Crippen molar-refractivity contribution in [2.24, 2.45) is 5.92 Å². The SMILES string of the molecule is CC(C)CC(NCCO)C(=O)O. The number of aliphatic hydroxyl groups is 1. The lowest BCUT2D eigenvalue weighted by molar-refractivity contribution is -0.139. The zero-order valence-electron chi connectivity index (χ0n) is 7.58. The first-order chi connectivity index (χ1) is 5.57. The molecule has 0 aliphatic carbocycles. The van der Waals surface area contributed by atoms with Crippen molar-refractivity contribution in [3.63, 3.8) is 0 Å². The lowest BCUT2D eigenvalue weighted by Gasteiger charge is -2.15. The molecule has 4 heteroatoms. The van der Waals surface area contributed by atoms with Crippen molar-refractivity contribution >= 4 is 5.97 Å². The molecule has 0 saturated carbocycles. The van der Waals surface area contributed by atoms with Crippen molar-refractivity contribution in [3.8, 4) is 0 Å². The third-order valence-corrected chi connectivity index (χ3v) is 1.51. The summed E-state index contributed by atoms with van der Waals surface area (Å²) in [7, 11) is 0. The Labute approximate surface area is 72.6 Å². The number of carboxylic acid groups (broad SMARTS) is 1. The third kappa shape index (κ3) is 5.09. The van der Waals surface area contributed by atoms with Crippen molar-refractivity contribution in [2.75, 3.05) is 13.2 Å². The smallest absolute Gasteiger partial charge is 0.320 e. The second kappa shape index (κ2) is 5.97. The maximum atomic E-state index is 10.6. The molecule has 1 unspecified atom stereocenters. The molecular formula is C8H17NO3. The second-order valence-electron chi connectivity index (χ2n) is 3.20. The van der Waals surface area contributed by atoms with Gasteiger partial charge in [-0.25, -0.2) is 0 Å². The number of aliphatic carboxylic acids is 1. The molecular weight excluding hydrogens is 158 g/mol. The van der Waals surface area contributed by atoms with Crippen LogP contribution < -0.4 is 5.32 Å². The average molecular weight is 175 g/mol. The van der Waals surface area contributed by atoms with E-state index in [1.54, 1.807) is 0 Å². The third-order valence-electron chi connectivity index (χ3n) is 1.51. The van der Waals surface area contributed by atoms with Gasteiger partial charge in [-0.15, -0.1) is 0 Å². The summed E-state index contributed by atoms with van der Waals surface area (Å²) in [5.74, 6) is -0.505. The molecule has 0 rings (SSSR count). The van der Waals surface area contributed by atoms with Gasteiger partial charge in [0, 0.05) is 6.54 Å². The minimum atomic E-state index is -0.850. The van der Waals surface area contributed by atoms with Crippen LogP contribution in [-0.2, 0) is 4.79 Å². The summed E-state index contributed by atoms with van der Waals surface area (Å²) in [6.45, 7) is 4.25. The fourth-order valence-corrected chi connectivity index (χ4v) is 0.982. The molecule has 0 aromatic heterocycles. The zero-order chi connectivity index (χ0) is 9.56. The maximum Gasteiger partial charge on any atom is 0.320 e. The average Bonchev–Trinajstić information content (AvgIpc) is 1.96. The molecule has 0 heterocycles. The van der Waals surface area contributed by atoms with Gasteiger partial charge in [-0.1, -0.05) is 13.8 Å². The highest BCUT2D eigenvalue weighted by atomic mass is 16.4. The summed E-state index contributed by atoms with van der Waals surface area (Å²) >= 11 is 0. The number of carboxylic acids is 1. The van der Waals surface area contributed by atoms with Crippen molar-refractivity contribution in [1.29, 1.82) is 0 Å². The van der Waals surface area contributed by atoms with Crippen LogP contribution in [0, 0.1) is 5.92 Å². The van der Waals surface area contributed by atoms with E-state index in [9.17, 15) is 4.79 Å². The molecule has 0 spiro atoms. The molecule has 0 aliphatic heterocycles. The zero-order valence-corrected chi connectivity index (χ0v) is 7.58. The predicted molar refractivity (Wildman–Crippen MR) is 46.0 cm³/mol. The largest absolute Gasteiger partial charge is 0.480 e. The highest BCUT2D eigenvalue weighted by Crippen LogP contribution is 2.04. The first-order valence-electron chi connectivity index (χ1n) is 4.15. The van der Waals surface area contributed by atoms with Gasteiger partial charge in [0.25, 0.3) is 0 Å². The van der Waals surface area contributed by atoms with E-state index in [2.05, 4.69) is 5.32 Å². The van der Waals surface area contributed by atoms with E-state index in [-0.39, 0.29) is 6.61 Å². The Bertz CT molecular complexity index is 136. The fraction of sp³-hybridized carbons (Fsp3) is 0.875. The topological polar surface area (TPSA) is 69.6 Å². The number of carbonyl (C=O) groups is 1. The maximum absolute atomic E-state index is 10.6. The molecule has 0 bridgehead atoms. The Balaban J connectivity index is 3.78. The molecule has 0 radical (unpaired) electrons. The van der Waals surface area contributed by atoms with Gasteiger partial charge in [0.05, 0.1) is 6.61 Å². The Hall–Kier alpha value is -0.610. The molecule has 12 heavy (non-hydrogen) atoms. The van der Waals surface area contributed by atoms with Crippen LogP contribution in [0.3, 0.4) is 0 Å². The lowest BCUT2D eigenvalue weighted by Crippen LogP contribution is -2.39. The Kier molecular flexibility index (Phi) is 5.66. The summed E-state index contributed by atoms with van der Waals surface area (Å²) < 4.78 is 0. The van der Waals surface area contributed by atoms with Gasteiger partial charge in [-0.05, 0) is 12.3 Å². The number of hydrogen-bond acceptors (Lipinski definition) is 3. The summed E-state index contributed by atoms with van der Waals surface area (Å²) in [5.41, 5.74) is 0. The van der Waals surface area contributed by atoms with Crippen molar-refractivity contribution in [1.82, 2.24) is 5.32 Å². The molecule has 0 aliphatic rings. The van der Waals surface area contributed by atoms with Gasteiger partial charge in [-0.2, -0.15) is 0 Å². The van der Waals surface area contributed by atoms with E-state index < -0.39 is 12.0 Å². The highest BCUT2D eigenvalue weighted by molar-refractivity contribution is 5.73. The molecule has 0 amide bonds. The van der Waals surface area contributed by atoms with Crippen LogP contribution in [0.1, 0.15) is 20.3 Å². The standard InChI is InChI=1S/C8H17NO3/c1-6(2)5-7(8(11)12)9-3-4-10/h6-7,9-10H,3-5H2,1-2H3,(H,11,12). The van der Waals surface area contributed by atoms with Crippen LogP contribution in [-0.4, -0.2) is 35.4 Å². The molecule has 1 atom stereocenters. The van der Waals surface area contributed by atoms with Gasteiger partial charge in [0.15, 0.2) is 0 Å². The lowest BCUT2D eigenvalue weighted by atomic mass is 10.0. The minimum absolute atomic E-state index is 0.0259. The monoisotopic (exact) mass is 175 g/mol. The van der Waals surface area contributed by atoms with Gasteiger partial charge in [0.1, 0.15) is 6.04 Å². The van der Waals surface area contributed by atoms with Gasteiger partial charge >= 0.3 is 5.97 Å². The van der Waals surface area contributed by atoms with Crippen LogP contribution in [0.15, 0.2) is 0 Å². The normalized spacial score (nSPS) is 13.3. The van der Waals surface area contributed by atoms with Crippen molar-refractivity contribution in [3.05, 3.63) is 0 Å². The first kappa shape index (κ1) is 11.4. The Morgan fingerprint density at radius 3 is 2.42 bits per heavy atom. The minimum Gasteiger partial charge on any atom is -0.480 e. The number of hydrogen-bond donors (Lipinski definition) is 3. The summed E-state index contributed by atoms with van der Waals surface area (Å²) in [6.07, 6.45) is 0.593. The summed E-state index contributed by atoms with van der Waals surface area (Å²) in [5, 5.41) is 19.9. The summed E-state index contributed by atoms with van der Waals surface area (Å²) in [6, 6.07) is -0.530. The van der Waals surface area contributed by atoms with Crippen LogP contribution in [0.5, 0.6) is 0 Å². The number of nitrogens with one attached hydrogen (secondary N) is 1. The number of aliphatic hydroxyl groups excluding tert-OH is 1. The number of rotatable bonds is 6. The molecule has 3 N–H and O–H groups in total. The van der Waals surface area contributed by atoms with E-state index in [1.165, 1.54) is 0 Å². The van der Waals surface area contributed by atoms with E-state index in [0.29, 0.717) is 18.9 Å². The van der Waals surface area contributed by atoms with Crippen molar-refractivity contribution < 1.29 is 15.0 Å². The quantitative estimate of drug-likeness (QED) is 0.534. The van der Waals surface area contributed by atoms with E-state index in [0.717, 1.165) is 0 Å². The molecule has 0 aromatic carbocycles. The summed E-state index contributed by atoms with van der Waals surface area (Å²) in [4.78, 5) is 10.6. The molecule has 0 aromatic rings. The van der Waals surface area contributed by atoms with Crippen LogP contribution in [0.4, 0.5) is 0 Å². The fourth-order valence-electron chi connectivity index (χ4n) is 0.982. The van der Waals surface area contributed by atoms with Crippen LogP contribution in [0.2, 0.25) is 0 Å². The van der Waals surface area contributed by atoms with Gasteiger partial charge in [-0.3, -0.25) is 4.79 Å².